The van der Waals surface area contributed by atoms with Crippen LogP contribution in [-0.2, 0) is 7.05 Å². The van der Waals surface area contributed by atoms with E-state index in [-0.39, 0.29) is 34.8 Å². The lowest BCUT2D eigenvalue weighted by molar-refractivity contribution is 0.0701. The molecule has 3 heterocycles. The number of carbonyl (C=O) groups is 2. The lowest BCUT2D eigenvalue weighted by Gasteiger charge is -2.35. The van der Waals surface area contributed by atoms with Crippen molar-refractivity contribution < 1.29 is 18.4 Å². The standard InChI is InChI=1S/C33H32FN5O4S/c1-35-31(40)28-25-16-24(26(38(3)44-4)17-27(25)43-30(28)19-11-13-21(34)14-12-19)20-8-7-15-39(18-20)33(42)29-22-9-5-6-10-23(22)32(41)37(2)36-29/h5-6,9-14,16-17,20H,7-8,15,18H2,1-4H3,(H,35,40). The van der Waals surface area contributed by atoms with Gasteiger partial charge in [0.25, 0.3) is 17.4 Å². The highest BCUT2D eigenvalue weighted by Gasteiger charge is 2.31. The van der Waals surface area contributed by atoms with Crippen LogP contribution in [0.5, 0.6) is 0 Å². The van der Waals surface area contributed by atoms with E-state index >= 15 is 0 Å². The molecular formula is C33H32FN5O4S. The molecule has 0 aliphatic carbocycles. The average Bonchev–Trinajstić information content (AvgIpc) is 3.43. The third kappa shape index (κ3) is 5.11. The van der Waals surface area contributed by atoms with Gasteiger partial charge in [0.2, 0.25) is 0 Å². The van der Waals surface area contributed by atoms with Crippen molar-refractivity contribution in [2.45, 2.75) is 18.8 Å². The van der Waals surface area contributed by atoms with Crippen molar-refractivity contribution in [2.75, 3.05) is 37.7 Å². The van der Waals surface area contributed by atoms with Crippen molar-refractivity contribution in [1.29, 1.82) is 0 Å². The van der Waals surface area contributed by atoms with E-state index in [2.05, 4.69) is 10.4 Å². The molecule has 9 nitrogen and oxygen atoms in total. The van der Waals surface area contributed by atoms with E-state index < -0.39 is 0 Å². The van der Waals surface area contributed by atoms with Gasteiger partial charge in [0, 0.05) is 68.8 Å². The van der Waals surface area contributed by atoms with Crippen LogP contribution >= 0.6 is 11.9 Å². The van der Waals surface area contributed by atoms with E-state index in [0.717, 1.165) is 24.1 Å². The van der Waals surface area contributed by atoms with E-state index in [1.807, 2.05) is 29.7 Å². The van der Waals surface area contributed by atoms with Gasteiger partial charge in [-0.2, -0.15) is 5.10 Å². The number of rotatable bonds is 6. The first-order valence-electron chi connectivity index (χ1n) is 14.3. The van der Waals surface area contributed by atoms with Crippen LogP contribution in [0.3, 0.4) is 0 Å². The molecule has 2 amide bonds. The monoisotopic (exact) mass is 613 g/mol. The van der Waals surface area contributed by atoms with Crippen LogP contribution in [0.2, 0.25) is 0 Å². The van der Waals surface area contributed by atoms with E-state index in [1.165, 1.54) is 16.8 Å². The lowest BCUT2D eigenvalue weighted by atomic mass is 9.87. The maximum absolute atomic E-state index is 13.9. The fraction of sp³-hybridized carbons (Fsp3) is 0.273. The Morgan fingerprint density at radius 3 is 2.52 bits per heavy atom. The predicted octanol–water partition coefficient (Wildman–Crippen LogP) is 5.58. The first kappa shape index (κ1) is 29.4. The van der Waals surface area contributed by atoms with Gasteiger partial charge >= 0.3 is 0 Å². The Hall–Kier alpha value is -4.64. The number of benzene rings is 3. The third-order valence-corrected chi connectivity index (χ3v) is 9.06. The SMILES string of the molecule is CNC(=O)c1c(-c2ccc(F)cc2)oc2cc(N(C)SC)c(C3CCCN(C(=O)c4nn(C)c(=O)c5ccccc45)C3)cc12. The van der Waals surface area contributed by atoms with Gasteiger partial charge in [-0.3, -0.25) is 14.4 Å². The summed E-state index contributed by atoms with van der Waals surface area (Å²) in [5, 5.41) is 8.73. The Kier molecular flexibility index (Phi) is 7.89. The second kappa shape index (κ2) is 11.8. The molecule has 5 aromatic rings. The number of hydrogen-bond acceptors (Lipinski definition) is 7. The number of aromatic nitrogens is 2. The molecule has 0 bridgehead atoms. The van der Waals surface area contributed by atoms with Gasteiger partial charge in [0.1, 0.15) is 17.2 Å². The minimum Gasteiger partial charge on any atom is -0.455 e. The molecule has 1 aliphatic rings. The summed E-state index contributed by atoms with van der Waals surface area (Å²) in [6.45, 7) is 1.00. The number of hydrogen-bond donors (Lipinski definition) is 1. The summed E-state index contributed by atoms with van der Waals surface area (Å²) in [6, 6.07) is 16.8. The maximum Gasteiger partial charge on any atom is 0.274 e. The summed E-state index contributed by atoms with van der Waals surface area (Å²) < 4.78 is 23.3. The number of piperidine rings is 1. The van der Waals surface area contributed by atoms with E-state index in [1.54, 1.807) is 67.3 Å². The van der Waals surface area contributed by atoms with Crippen LogP contribution in [0.15, 0.2) is 69.9 Å². The van der Waals surface area contributed by atoms with Gasteiger partial charge in [-0.25, -0.2) is 9.07 Å². The first-order valence-corrected chi connectivity index (χ1v) is 15.5. The number of likely N-dealkylation sites (tertiary alicyclic amines) is 1. The number of anilines is 1. The summed E-state index contributed by atoms with van der Waals surface area (Å²) in [4.78, 5) is 41.7. The third-order valence-electron chi connectivity index (χ3n) is 8.32. The number of nitrogens with one attached hydrogen (secondary N) is 1. The van der Waals surface area contributed by atoms with Gasteiger partial charge in [0.15, 0.2) is 5.69 Å². The zero-order chi connectivity index (χ0) is 31.1. The van der Waals surface area contributed by atoms with Crippen LogP contribution in [0, 0.1) is 5.82 Å². The number of amides is 2. The first-order chi connectivity index (χ1) is 21.2. The summed E-state index contributed by atoms with van der Waals surface area (Å²) in [6.07, 6.45) is 3.59. The molecule has 6 rings (SSSR count). The van der Waals surface area contributed by atoms with Crippen molar-refractivity contribution in [3.8, 4) is 11.3 Å². The zero-order valence-electron chi connectivity index (χ0n) is 24.9. The van der Waals surface area contributed by atoms with Crippen LogP contribution in [0.1, 0.15) is 45.2 Å². The van der Waals surface area contributed by atoms with E-state index in [9.17, 15) is 18.8 Å². The summed E-state index contributed by atoms with van der Waals surface area (Å²) in [7, 11) is 5.08. The zero-order valence-corrected chi connectivity index (χ0v) is 25.7. The topological polar surface area (TPSA) is 101 Å². The summed E-state index contributed by atoms with van der Waals surface area (Å²) >= 11 is 1.54. The van der Waals surface area contributed by atoms with Gasteiger partial charge in [-0.1, -0.05) is 30.1 Å². The Bertz CT molecular complexity index is 1970. The number of aryl methyl sites for hydroxylation is 1. The molecule has 44 heavy (non-hydrogen) atoms. The number of nitrogens with zero attached hydrogens (tertiary/aromatic N) is 4. The molecule has 0 saturated carbocycles. The molecule has 1 saturated heterocycles. The molecule has 1 aliphatic heterocycles. The molecule has 1 N–H and O–H groups in total. The molecule has 1 atom stereocenters. The van der Waals surface area contributed by atoms with Gasteiger partial charge in [-0.05, 0) is 54.8 Å². The highest BCUT2D eigenvalue weighted by Crippen LogP contribution is 2.42. The predicted molar refractivity (Wildman–Crippen MR) is 172 cm³/mol. The molecule has 0 radical (unpaired) electrons. The minimum absolute atomic E-state index is 0.0396. The van der Waals surface area contributed by atoms with Gasteiger partial charge < -0.3 is 18.9 Å². The quantitative estimate of drug-likeness (QED) is 0.250. The normalized spacial score (nSPS) is 15.1. The molecule has 0 spiro atoms. The fourth-order valence-corrected chi connectivity index (χ4v) is 6.38. The van der Waals surface area contributed by atoms with Gasteiger partial charge in [-0.15, -0.1) is 0 Å². The Morgan fingerprint density at radius 2 is 1.82 bits per heavy atom. The lowest BCUT2D eigenvalue weighted by Crippen LogP contribution is -2.40. The fourth-order valence-electron chi connectivity index (χ4n) is 6.02. The van der Waals surface area contributed by atoms with Crippen molar-refractivity contribution in [3.63, 3.8) is 0 Å². The second-order valence-electron chi connectivity index (χ2n) is 10.9. The molecule has 2 aromatic heterocycles. The molecular weight excluding hydrogens is 581 g/mol. The maximum atomic E-state index is 13.9. The Morgan fingerprint density at radius 1 is 1.09 bits per heavy atom. The van der Waals surface area contributed by atoms with Crippen LogP contribution in [0.25, 0.3) is 33.1 Å². The van der Waals surface area contributed by atoms with Crippen molar-refractivity contribution in [2.24, 2.45) is 7.05 Å². The van der Waals surface area contributed by atoms with Crippen molar-refractivity contribution >= 4 is 51.2 Å². The number of fused-ring (bicyclic) bond motifs is 2. The van der Waals surface area contributed by atoms with E-state index in [0.29, 0.717) is 51.7 Å². The van der Waals surface area contributed by atoms with Crippen molar-refractivity contribution in [1.82, 2.24) is 20.0 Å². The molecule has 11 heteroatoms. The number of furan rings is 1. The van der Waals surface area contributed by atoms with Crippen molar-refractivity contribution in [3.05, 3.63) is 93.7 Å². The van der Waals surface area contributed by atoms with Crippen LogP contribution in [-0.4, -0.2) is 59.9 Å². The summed E-state index contributed by atoms with van der Waals surface area (Å²) in [5.74, 6) is -0.595. The summed E-state index contributed by atoms with van der Waals surface area (Å²) in [5.41, 5.74) is 3.40. The van der Waals surface area contributed by atoms with Crippen LogP contribution in [0.4, 0.5) is 10.1 Å². The molecule has 226 valence electrons. The highest BCUT2D eigenvalue weighted by atomic mass is 32.2. The Labute approximate surface area is 257 Å². The van der Waals surface area contributed by atoms with Crippen LogP contribution < -0.4 is 15.2 Å². The Balaban J connectivity index is 1.45. The van der Waals surface area contributed by atoms with Gasteiger partial charge in [0.05, 0.1) is 16.6 Å². The minimum atomic E-state index is -0.380. The number of carbonyl (C=O) groups excluding carboxylic acids is 2. The molecule has 3 aromatic carbocycles. The molecule has 1 unspecified atom stereocenters. The molecule has 1 fully saturated rings. The van der Waals surface area contributed by atoms with E-state index in [4.69, 9.17) is 4.42 Å². The smallest absolute Gasteiger partial charge is 0.274 e. The number of halogens is 1. The second-order valence-corrected chi connectivity index (χ2v) is 11.8. The largest absolute Gasteiger partial charge is 0.455 e. The highest BCUT2D eigenvalue weighted by molar-refractivity contribution is 7.99. The average molecular weight is 614 g/mol.